The van der Waals surface area contributed by atoms with Crippen LogP contribution in [0.2, 0.25) is 0 Å². The number of nitro groups is 1. The summed E-state index contributed by atoms with van der Waals surface area (Å²) in [5, 5.41) is 19.6. The number of carbonyl (C=O) groups excluding carboxylic acids is 1. The van der Waals surface area contributed by atoms with Crippen molar-refractivity contribution >= 4 is 29.3 Å². The fraction of sp³-hybridized carbons (Fsp3) is 0.333. The standard InChI is InChI=1S/C12H15N3O5S/c13-9(12(17)18)3-4-21-6-8-2-1-7(11(14)16)5-10(8)15(19)20/h1-2,5,9H,3-4,6,13H2,(H2,14,16)(H,17,18). The Labute approximate surface area is 124 Å². The summed E-state index contributed by atoms with van der Waals surface area (Å²) in [4.78, 5) is 31.9. The van der Waals surface area contributed by atoms with Crippen molar-refractivity contribution in [3.8, 4) is 0 Å². The van der Waals surface area contributed by atoms with Gasteiger partial charge in [-0.25, -0.2) is 0 Å². The first kappa shape index (κ1) is 16.9. The van der Waals surface area contributed by atoms with Crippen molar-refractivity contribution in [1.29, 1.82) is 0 Å². The molecule has 0 bridgehead atoms. The molecule has 0 saturated carbocycles. The van der Waals surface area contributed by atoms with Crippen LogP contribution in [-0.4, -0.2) is 33.7 Å². The molecule has 21 heavy (non-hydrogen) atoms. The van der Waals surface area contributed by atoms with Gasteiger partial charge in [0, 0.05) is 22.9 Å². The zero-order valence-electron chi connectivity index (χ0n) is 11.0. The first-order valence-corrected chi connectivity index (χ1v) is 7.11. The van der Waals surface area contributed by atoms with E-state index >= 15 is 0 Å². The van der Waals surface area contributed by atoms with Crippen LogP contribution in [0.1, 0.15) is 22.3 Å². The first-order valence-electron chi connectivity index (χ1n) is 5.96. The maximum atomic E-state index is 11.0. The van der Waals surface area contributed by atoms with Gasteiger partial charge in [-0.3, -0.25) is 19.7 Å². The smallest absolute Gasteiger partial charge is 0.320 e. The van der Waals surface area contributed by atoms with Crippen LogP contribution in [0.5, 0.6) is 0 Å². The van der Waals surface area contributed by atoms with Crippen molar-refractivity contribution in [1.82, 2.24) is 0 Å². The third-order valence-corrected chi connectivity index (χ3v) is 3.75. The van der Waals surface area contributed by atoms with Gasteiger partial charge in [0.25, 0.3) is 5.69 Å². The number of thioether (sulfide) groups is 1. The second kappa shape index (κ2) is 7.60. The molecular formula is C12H15N3O5S. The molecule has 1 atom stereocenters. The number of rotatable bonds is 8. The van der Waals surface area contributed by atoms with Crippen molar-refractivity contribution in [2.45, 2.75) is 18.2 Å². The number of carboxylic acids is 1. The van der Waals surface area contributed by atoms with Crippen molar-refractivity contribution < 1.29 is 19.6 Å². The Morgan fingerprint density at radius 2 is 2.10 bits per heavy atom. The first-order chi connectivity index (χ1) is 9.82. The molecule has 0 spiro atoms. The normalized spacial score (nSPS) is 11.9. The van der Waals surface area contributed by atoms with E-state index in [0.717, 1.165) is 6.07 Å². The third-order valence-electron chi connectivity index (χ3n) is 2.71. The van der Waals surface area contributed by atoms with Crippen LogP contribution >= 0.6 is 11.8 Å². The number of primary amides is 1. The van der Waals surface area contributed by atoms with Crippen molar-refractivity contribution in [2.75, 3.05) is 5.75 Å². The average Bonchev–Trinajstić information content (AvgIpc) is 2.42. The molecule has 1 rings (SSSR count). The van der Waals surface area contributed by atoms with Gasteiger partial charge in [-0.15, -0.1) is 0 Å². The lowest BCUT2D eigenvalue weighted by molar-refractivity contribution is -0.385. The predicted octanol–water partition coefficient (Wildman–Crippen LogP) is 0.729. The summed E-state index contributed by atoms with van der Waals surface area (Å²) < 4.78 is 0. The van der Waals surface area contributed by atoms with E-state index in [4.69, 9.17) is 16.6 Å². The number of nitro benzene ring substituents is 1. The van der Waals surface area contributed by atoms with E-state index in [9.17, 15) is 19.7 Å². The number of amides is 1. The highest BCUT2D eigenvalue weighted by atomic mass is 32.2. The average molecular weight is 313 g/mol. The lowest BCUT2D eigenvalue weighted by Gasteiger charge is -2.07. The minimum absolute atomic E-state index is 0.0725. The van der Waals surface area contributed by atoms with Gasteiger partial charge in [-0.1, -0.05) is 6.07 Å². The maximum absolute atomic E-state index is 11.0. The highest BCUT2D eigenvalue weighted by molar-refractivity contribution is 7.98. The number of nitrogens with zero attached hydrogens (tertiary/aromatic N) is 1. The lowest BCUT2D eigenvalue weighted by Crippen LogP contribution is -2.30. The molecule has 1 aromatic rings. The maximum Gasteiger partial charge on any atom is 0.320 e. The second-order valence-corrected chi connectivity index (χ2v) is 5.36. The van der Waals surface area contributed by atoms with Crippen LogP contribution in [0.25, 0.3) is 0 Å². The molecule has 1 aromatic carbocycles. The van der Waals surface area contributed by atoms with Gasteiger partial charge in [0.05, 0.1) is 4.92 Å². The van der Waals surface area contributed by atoms with E-state index in [2.05, 4.69) is 0 Å². The van der Waals surface area contributed by atoms with Gasteiger partial charge in [0.15, 0.2) is 0 Å². The fourth-order valence-electron chi connectivity index (χ4n) is 1.53. The topological polar surface area (TPSA) is 150 Å². The highest BCUT2D eigenvalue weighted by Crippen LogP contribution is 2.25. The van der Waals surface area contributed by atoms with Gasteiger partial charge >= 0.3 is 5.97 Å². The van der Waals surface area contributed by atoms with Crippen LogP contribution in [0.4, 0.5) is 5.69 Å². The molecule has 5 N–H and O–H groups in total. The molecule has 9 heteroatoms. The number of hydrogen-bond donors (Lipinski definition) is 3. The Morgan fingerprint density at radius 1 is 1.43 bits per heavy atom. The Morgan fingerprint density at radius 3 is 2.62 bits per heavy atom. The summed E-state index contributed by atoms with van der Waals surface area (Å²) in [7, 11) is 0. The summed E-state index contributed by atoms with van der Waals surface area (Å²) in [6.45, 7) is 0. The van der Waals surface area contributed by atoms with Crippen LogP contribution in [0.3, 0.4) is 0 Å². The number of hydrogen-bond acceptors (Lipinski definition) is 6. The quantitative estimate of drug-likeness (QED) is 0.363. The molecule has 0 heterocycles. The number of nitrogens with two attached hydrogens (primary N) is 2. The van der Waals surface area contributed by atoms with Crippen molar-refractivity contribution in [2.24, 2.45) is 11.5 Å². The molecule has 0 aliphatic rings. The Hall–Kier alpha value is -2.13. The minimum atomic E-state index is -1.08. The molecule has 1 unspecified atom stereocenters. The Bertz CT molecular complexity index is 564. The molecule has 8 nitrogen and oxygen atoms in total. The van der Waals surface area contributed by atoms with Gasteiger partial charge in [0.2, 0.25) is 5.91 Å². The number of carbonyl (C=O) groups is 2. The largest absolute Gasteiger partial charge is 0.480 e. The summed E-state index contributed by atoms with van der Waals surface area (Å²) in [6.07, 6.45) is 0.271. The summed E-state index contributed by atoms with van der Waals surface area (Å²) >= 11 is 1.33. The lowest BCUT2D eigenvalue weighted by atomic mass is 10.1. The van der Waals surface area contributed by atoms with E-state index in [0.29, 0.717) is 17.1 Å². The molecular weight excluding hydrogens is 298 g/mol. The molecule has 0 aliphatic heterocycles. The van der Waals surface area contributed by atoms with Crippen LogP contribution in [0.15, 0.2) is 18.2 Å². The number of aliphatic carboxylic acids is 1. The van der Waals surface area contributed by atoms with Gasteiger partial charge in [0.1, 0.15) is 6.04 Å². The Kier molecular flexibility index (Phi) is 6.12. The van der Waals surface area contributed by atoms with E-state index in [1.165, 1.54) is 23.9 Å². The molecule has 0 aliphatic carbocycles. The summed E-state index contributed by atoms with van der Waals surface area (Å²) in [5.74, 6) is -1.03. The van der Waals surface area contributed by atoms with Gasteiger partial charge < -0.3 is 16.6 Å². The predicted molar refractivity (Wildman–Crippen MR) is 78.0 cm³/mol. The molecule has 0 aromatic heterocycles. The zero-order chi connectivity index (χ0) is 16.0. The SMILES string of the molecule is NC(=O)c1ccc(CSCCC(N)C(=O)O)c([N+](=O)[O-])c1. The second-order valence-electron chi connectivity index (χ2n) is 4.25. The molecule has 0 radical (unpaired) electrons. The number of carboxylic acid groups (broad SMARTS) is 1. The summed E-state index contributed by atoms with van der Waals surface area (Å²) in [6, 6.07) is 3.10. The van der Waals surface area contributed by atoms with Crippen molar-refractivity contribution in [3.63, 3.8) is 0 Å². The number of benzene rings is 1. The van der Waals surface area contributed by atoms with Gasteiger partial charge in [-0.2, -0.15) is 11.8 Å². The summed E-state index contributed by atoms with van der Waals surface area (Å²) in [5.41, 5.74) is 10.8. The van der Waals surface area contributed by atoms with E-state index in [1.807, 2.05) is 0 Å². The minimum Gasteiger partial charge on any atom is -0.480 e. The third kappa shape index (κ3) is 5.04. The van der Waals surface area contributed by atoms with Crippen LogP contribution < -0.4 is 11.5 Å². The highest BCUT2D eigenvalue weighted by Gasteiger charge is 2.17. The van der Waals surface area contributed by atoms with Crippen LogP contribution in [-0.2, 0) is 10.5 Å². The van der Waals surface area contributed by atoms with E-state index in [-0.39, 0.29) is 17.7 Å². The van der Waals surface area contributed by atoms with Crippen LogP contribution in [0, 0.1) is 10.1 Å². The molecule has 0 saturated heterocycles. The monoisotopic (exact) mass is 313 g/mol. The molecule has 1 amide bonds. The zero-order valence-corrected chi connectivity index (χ0v) is 11.8. The molecule has 114 valence electrons. The van der Waals surface area contributed by atoms with E-state index < -0.39 is 22.8 Å². The molecule has 0 fully saturated rings. The fourth-order valence-corrected chi connectivity index (χ4v) is 2.55. The Balaban J connectivity index is 2.68. The van der Waals surface area contributed by atoms with Crippen molar-refractivity contribution in [3.05, 3.63) is 39.4 Å². The van der Waals surface area contributed by atoms with E-state index in [1.54, 1.807) is 0 Å². The van der Waals surface area contributed by atoms with Gasteiger partial charge in [-0.05, 0) is 18.2 Å².